The maximum absolute atomic E-state index is 12.2. The summed E-state index contributed by atoms with van der Waals surface area (Å²) in [5.74, 6) is 0.155. The Morgan fingerprint density at radius 2 is 2.00 bits per heavy atom. The van der Waals surface area contributed by atoms with Crippen molar-refractivity contribution in [1.82, 2.24) is 14.7 Å². The average molecular weight is 282 g/mol. The molecule has 2 aromatic heterocycles. The molecule has 0 saturated heterocycles. The topological polar surface area (TPSA) is 73.0 Å². The Kier molecular flexibility index (Phi) is 3.27. The summed E-state index contributed by atoms with van der Waals surface area (Å²) in [5.41, 5.74) is 3.09. The van der Waals surface area contributed by atoms with Crippen LogP contribution in [-0.2, 0) is 0 Å². The van der Waals surface area contributed by atoms with E-state index in [1.54, 1.807) is 24.7 Å². The number of carbonyl (C=O) groups is 1. The SMILES string of the molecule is Cc1noc(NC(=O)c2ccc(-n3ccnc3)cc2)c1C. The van der Waals surface area contributed by atoms with Gasteiger partial charge in [0.25, 0.3) is 5.91 Å². The first-order valence-corrected chi connectivity index (χ1v) is 6.48. The predicted molar refractivity (Wildman–Crippen MR) is 77.5 cm³/mol. The molecule has 0 spiro atoms. The molecule has 0 atom stereocenters. The summed E-state index contributed by atoms with van der Waals surface area (Å²) in [7, 11) is 0. The quantitative estimate of drug-likeness (QED) is 0.801. The molecule has 0 aliphatic carbocycles. The molecule has 106 valence electrons. The molecule has 0 aliphatic rings. The van der Waals surface area contributed by atoms with Gasteiger partial charge in [-0.2, -0.15) is 0 Å². The van der Waals surface area contributed by atoms with Gasteiger partial charge in [-0.3, -0.25) is 10.1 Å². The van der Waals surface area contributed by atoms with Gasteiger partial charge in [-0.05, 0) is 38.1 Å². The van der Waals surface area contributed by atoms with Crippen LogP contribution < -0.4 is 5.32 Å². The number of benzene rings is 1. The number of amides is 1. The molecule has 0 bridgehead atoms. The predicted octanol–water partition coefficient (Wildman–Crippen LogP) is 2.73. The van der Waals surface area contributed by atoms with Crippen molar-refractivity contribution in [2.24, 2.45) is 0 Å². The van der Waals surface area contributed by atoms with Crippen molar-refractivity contribution in [1.29, 1.82) is 0 Å². The largest absolute Gasteiger partial charge is 0.338 e. The molecule has 1 aromatic carbocycles. The zero-order chi connectivity index (χ0) is 14.8. The minimum Gasteiger partial charge on any atom is -0.338 e. The molecule has 6 nitrogen and oxygen atoms in total. The number of nitrogens with zero attached hydrogens (tertiary/aromatic N) is 3. The van der Waals surface area contributed by atoms with Crippen LogP contribution in [0.4, 0.5) is 5.88 Å². The van der Waals surface area contributed by atoms with E-state index in [9.17, 15) is 4.79 Å². The van der Waals surface area contributed by atoms with Crippen LogP contribution in [-0.4, -0.2) is 20.6 Å². The van der Waals surface area contributed by atoms with Crippen LogP contribution in [0.5, 0.6) is 0 Å². The number of rotatable bonds is 3. The lowest BCUT2D eigenvalue weighted by Gasteiger charge is -2.05. The van der Waals surface area contributed by atoms with Gasteiger partial charge in [-0.15, -0.1) is 0 Å². The maximum Gasteiger partial charge on any atom is 0.258 e. The monoisotopic (exact) mass is 282 g/mol. The summed E-state index contributed by atoms with van der Waals surface area (Å²) < 4.78 is 6.94. The van der Waals surface area contributed by atoms with Crippen molar-refractivity contribution < 1.29 is 9.32 Å². The van der Waals surface area contributed by atoms with E-state index in [4.69, 9.17) is 4.52 Å². The highest BCUT2D eigenvalue weighted by Gasteiger charge is 2.13. The summed E-state index contributed by atoms with van der Waals surface area (Å²) >= 11 is 0. The van der Waals surface area contributed by atoms with Crippen LogP contribution in [0.1, 0.15) is 21.6 Å². The van der Waals surface area contributed by atoms with Crippen molar-refractivity contribution in [3.8, 4) is 5.69 Å². The van der Waals surface area contributed by atoms with Gasteiger partial charge in [0.2, 0.25) is 5.88 Å². The van der Waals surface area contributed by atoms with E-state index in [1.165, 1.54) is 0 Å². The highest BCUT2D eigenvalue weighted by Crippen LogP contribution is 2.18. The normalized spacial score (nSPS) is 10.6. The lowest BCUT2D eigenvalue weighted by molar-refractivity contribution is 0.102. The zero-order valence-corrected chi connectivity index (χ0v) is 11.7. The summed E-state index contributed by atoms with van der Waals surface area (Å²) in [6, 6.07) is 7.22. The number of aryl methyl sites for hydroxylation is 1. The number of hydrogen-bond donors (Lipinski definition) is 1. The third-order valence-corrected chi connectivity index (χ3v) is 3.32. The average Bonchev–Trinajstić information content (AvgIpc) is 3.13. The van der Waals surface area contributed by atoms with Crippen LogP contribution >= 0.6 is 0 Å². The molecule has 3 aromatic rings. The summed E-state index contributed by atoms with van der Waals surface area (Å²) in [6.45, 7) is 3.68. The lowest BCUT2D eigenvalue weighted by atomic mass is 10.2. The number of anilines is 1. The fraction of sp³-hybridized carbons (Fsp3) is 0.133. The van der Waals surface area contributed by atoms with Gasteiger partial charge in [0.05, 0.1) is 12.0 Å². The Bertz CT molecular complexity index is 758. The molecule has 2 heterocycles. The molecule has 0 fully saturated rings. The van der Waals surface area contributed by atoms with Crippen LogP contribution in [0.2, 0.25) is 0 Å². The fourth-order valence-corrected chi connectivity index (χ4v) is 1.90. The number of carbonyl (C=O) groups excluding carboxylic acids is 1. The van der Waals surface area contributed by atoms with Crippen LogP contribution in [0.15, 0.2) is 47.5 Å². The number of imidazole rings is 1. The Labute approximate surface area is 121 Å². The third-order valence-electron chi connectivity index (χ3n) is 3.32. The maximum atomic E-state index is 12.2. The molecular weight excluding hydrogens is 268 g/mol. The van der Waals surface area contributed by atoms with Crippen LogP contribution in [0.25, 0.3) is 5.69 Å². The first-order valence-electron chi connectivity index (χ1n) is 6.48. The van der Waals surface area contributed by atoms with Gasteiger partial charge >= 0.3 is 0 Å². The standard InChI is InChI=1S/C15H14N4O2/c1-10-11(2)18-21-15(10)17-14(20)12-3-5-13(6-4-12)19-8-7-16-9-19/h3-9H,1-2H3,(H,17,20). The highest BCUT2D eigenvalue weighted by atomic mass is 16.5. The lowest BCUT2D eigenvalue weighted by Crippen LogP contribution is -2.12. The van der Waals surface area contributed by atoms with Crippen molar-refractivity contribution in [3.63, 3.8) is 0 Å². The second-order valence-electron chi connectivity index (χ2n) is 4.69. The van der Waals surface area contributed by atoms with Crippen molar-refractivity contribution in [2.45, 2.75) is 13.8 Å². The second-order valence-corrected chi connectivity index (χ2v) is 4.69. The van der Waals surface area contributed by atoms with Gasteiger partial charge in [-0.1, -0.05) is 5.16 Å². The molecule has 1 amide bonds. The fourth-order valence-electron chi connectivity index (χ4n) is 1.90. The molecule has 3 rings (SSSR count). The van der Waals surface area contributed by atoms with E-state index in [1.807, 2.05) is 36.7 Å². The summed E-state index contributed by atoms with van der Waals surface area (Å²) in [4.78, 5) is 16.1. The molecule has 1 N–H and O–H groups in total. The van der Waals surface area contributed by atoms with Crippen molar-refractivity contribution >= 4 is 11.8 Å². The van der Waals surface area contributed by atoms with Crippen molar-refractivity contribution in [2.75, 3.05) is 5.32 Å². The molecule has 0 radical (unpaired) electrons. The minimum absolute atomic E-state index is 0.230. The second kappa shape index (κ2) is 5.24. The molecule has 0 saturated carbocycles. The van der Waals surface area contributed by atoms with Crippen LogP contribution in [0.3, 0.4) is 0 Å². The number of aromatic nitrogens is 3. The minimum atomic E-state index is -0.230. The Hall–Kier alpha value is -2.89. The zero-order valence-electron chi connectivity index (χ0n) is 11.7. The van der Waals surface area contributed by atoms with Gasteiger partial charge in [0, 0.05) is 29.2 Å². The summed E-state index contributed by atoms with van der Waals surface area (Å²) in [5, 5.41) is 6.53. The van der Waals surface area contributed by atoms with Crippen molar-refractivity contribution in [3.05, 3.63) is 59.8 Å². The smallest absolute Gasteiger partial charge is 0.258 e. The van der Waals surface area contributed by atoms with E-state index in [-0.39, 0.29) is 5.91 Å². The van der Waals surface area contributed by atoms with E-state index < -0.39 is 0 Å². The molecular formula is C15H14N4O2. The van der Waals surface area contributed by atoms with Gasteiger partial charge < -0.3 is 9.09 Å². The Morgan fingerprint density at radius 1 is 1.24 bits per heavy atom. The molecule has 0 aliphatic heterocycles. The Balaban J connectivity index is 1.78. The summed E-state index contributed by atoms with van der Waals surface area (Å²) in [6.07, 6.45) is 5.25. The van der Waals surface area contributed by atoms with E-state index >= 15 is 0 Å². The first kappa shape index (κ1) is 13.1. The molecule has 0 unspecified atom stereocenters. The number of nitrogens with one attached hydrogen (secondary N) is 1. The Morgan fingerprint density at radius 3 is 2.57 bits per heavy atom. The molecule has 6 heteroatoms. The van der Waals surface area contributed by atoms with Crippen LogP contribution in [0, 0.1) is 13.8 Å². The molecule has 21 heavy (non-hydrogen) atoms. The van der Waals surface area contributed by atoms with E-state index in [0.717, 1.165) is 16.9 Å². The van der Waals surface area contributed by atoms with Gasteiger partial charge in [-0.25, -0.2) is 4.98 Å². The number of hydrogen-bond acceptors (Lipinski definition) is 4. The van der Waals surface area contributed by atoms with E-state index in [0.29, 0.717) is 11.4 Å². The van der Waals surface area contributed by atoms with Gasteiger partial charge in [0.15, 0.2) is 0 Å². The third kappa shape index (κ3) is 2.55. The van der Waals surface area contributed by atoms with E-state index in [2.05, 4.69) is 15.5 Å². The highest BCUT2D eigenvalue weighted by molar-refractivity contribution is 6.03. The van der Waals surface area contributed by atoms with Gasteiger partial charge in [0.1, 0.15) is 0 Å². The first-order chi connectivity index (χ1) is 10.1.